The number of furan rings is 1. The van der Waals surface area contributed by atoms with Gasteiger partial charge in [0.2, 0.25) is 5.91 Å². The van der Waals surface area contributed by atoms with E-state index in [-0.39, 0.29) is 29.1 Å². The molecular formula is C22H20FN3O5S. The maximum Gasteiger partial charge on any atom is 0.329 e. The second kappa shape index (κ2) is 9.31. The van der Waals surface area contributed by atoms with Crippen molar-refractivity contribution >= 4 is 39.9 Å². The molecule has 8 nitrogen and oxygen atoms in total. The lowest BCUT2D eigenvalue weighted by molar-refractivity contribution is -0.149. The lowest BCUT2D eigenvalue weighted by Crippen LogP contribution is -2.41. The summed E-state index contributed by atoms with van der Waals surface area (Å²) in [5.74, 6) is -1.66. The van der Waals surface area contributed by atoms with Crippen LogP contribution in [0.25, 0.3) is 0 Å². The Bertz CT molecular complexity index is 1130. The average Bonchev–Trinajstić information content (AvgIpc) is 3.54. The number of aromatic nitrogens is 1. The minimum atomic E-state index is -0.696. The number of rotatable bonds is 6. The molecule has 1 aliphatic heterocycles. The molecule has 32 heavy (non-hydrogen) atoms. The molecular weight excluding hydrogens is 437 g/mol. The van der Waals surface area contributed by atoms with Crippen molar-refractivity contribution in [3.8, 4) is 0 Å². The van der Waals surface area contributed by atoms with Gasteiger partial charge in [-0.15, -0.1) is 11.3 Å². The largest absolute Gasteiger partial charge is 0.459 e. The summed E-state index contributed by atoms with van der Waals surface area (Å²) in [4.78, 5) is 44.3. The molecule has 166 valence electrons. The number of ether oxygens (including phenoxy) is 1. The Labute approximate surface area is 187 Å². The van der Waals surface area contributed by atoms with Crippen LogP contribution in [0, 0.1) is 5.82 Å². The highest BCUT2D eigenvalue weighted by molar-refractivity contribution is 7.14. The topological polar surface area (TPSA) is 93.0 Å². The fourth-order valence-corrected chi connectivity index (χ4v) is 4.41. The summed E-state index contributed by atoms with van der Waals surface area (Å²) in [7, 11) is 0. The second-order valence-corrected chi connectivity index (χ2v) is 8.01. The van der Waals surface area contributed by atoms with Crippen molar-refractivity contribution in [2.24, 2.45) is 0 Å². The van der Waals surface area contributed by atoms with Crippen LogP contribution in [0.2, 0.25) is 0 Å². The number of carbonyl (C=O) groups excluding carboxylic acids is 3. The summed E-state index contributed by atoms with van der Waals surface area (Å²) in [6.07, 6.45) is 2.59. The Morgan fingerprint density at radius 2 is 2.09 bits per heavy atom. The number of para-hydroxylation sites is 1. The quantitative estimate of drug-likeness (QED) is 0.521. The van der Waals surface area contributed by atoms with Crippen molar-refractivity contribution < 1.29 is 27.9 Å². The van der Waals surface area contributed by atoms with Gasteiger partial charge in [0.15, 0.2) is 10.9 Å². The first-order valence-electron chi connectivity index (χ1n) is 9.96. The summed E-state index contributed by atoms with van der Waals surface area (Å²) >= 11 is 1.14. The summed E-state index contributed by atoms with van der Waals surface area (Å²) in [5.41, 5.74) is 0.513. The number of thiazole rings is 1. The number of hydrogen-bond acceptors (Lipinski definition) is 7. The Morgan fingerprint density at radius 3 is 2.81 bits per heavy atom. The van der Waals surface area contributed by atoms with Gasteiger partial charge in [0.25, 0.3) is 5.91 Å². The highest BCUT2D eigenvalue weighted by atomic mass is 32.1. The second-order valence-electron chi connectivity index (χ2n) is 7.17. The van der Waals surface area contributed by atoms with Crippen LogP contribution in [0.5, 0.6) is 0 Å². The van der Waals surface area contributed by atoms with Gasteiger partial charge in [-0.05, 0) is 37.1 Å². The predicted molar refractivity (Wildman–Crippen MR) is 114 cm³/mol. The van der Waals surface area contributed by atoms with Crippen LogP contribution in [-0.2, 0) is 20.9 Å². The van der Waals surface area contributed by atoms with E-state index < -0.39 is 23.7 Å². The van der Waals surface area contributed by atoms with Crippen molar-refractivity contribution in [3.63, 3.8) is 0 Å². The maximum absolute atomic E-state index is 14.2. The Hall–Kier alpha value is -3.53. The molecule has 0 spiro atoms. The van der Waals surface area contributed by atoms with Crippen LogP contribution in [0.3, 0.4) is 0 Å². The molecule has 3 heterocycles. The lowest BCUT2D eigenvalue weighted by atomic mass is 10.2. The fourth-order valence-electron chi connectivity index (χ4n) is 3.54. The fraction of sp³-hybridized carbons (Fsp3) is 0.273. The van der Waals surface area contributed by atoms with Crippen LogP contribution in [0.1, 0.15) is 36.0 Å². The molecule has 2 aromatic heterocycles. The Balaban J connectivity index is 1.42. The number of benzene rings is 1. The van der Waals surface area contributed by atoms with Crippen molar-refractivity contribution in [2.45, 2.75) is 32.4 Å². The smallest absolute Gasteiger partial charge is 0.329 e. The van der Waals surface area contributed by atoms with Gasteiger partial charge in [-0.1, -0.05) is 12.1 Å². The summed E-state index contributed by atoms with van der Waals surface area (Å²) in [6.45, 7) is 1.63. The molecule has 0 aliphatic carbocycles. The average molecular weight is 457 g/mol. The van der Waals surface area contributed by atoms with E-state index in [4.69, 9.17) is 9.15 Å². The molecule has 2 amide bonds. The third kappa shape index (κ3) is 4.40. The Kier molecular flexibility index (Phi) is 6.31. The normalized spacial score (nSPS) is 15.6. The van der Waals surface area contributed by atoms with E-state index in [2.05, 4.69) is 4.98 Å². The zero-order valence-corrected chi connectivity index (χ0v) is 18.0. The molecule has 10 heteroatoms. The molecule has 1 aliphatic rings. The summed E-state index contributed by atoms with van der Waals surface area (Å²) in [5, 5.41) is 1.91. The van der Waals surface area contributed by atoms with Crippen molar-refractivity contribution in [1.29, 1.82) is 0 Å². The van der Waals surface area contributed by atoms with Gasteiger partial charge in [-0.3, -0.25) is 14.5 Å². The molecule has 1 aromatic carbocycles. The summed E-state index contributed by atoms with van der Waals surface area (Å²) < 4.78 is 24.7. The first-order chi connectivity index (χ1) is 15.5. The van der Waals surface area contributed by atoms with Gasteiger partial charge in [-0.2, -0.15) is 0 Å². The number of hydrogen-bond donors (Lipinski definition) is 0. The molecule has 0 bridgehead atoms. The minimum Gasteiger partial charge on any atom is -0.459 e. The number of carbonyl (C=O) groups is 3. The van der Waals surface area contributed by atoms with Gasteiger partial charge in [-0.25, -0.2) is 14.2 Å². The number of amides is 2. The van der Waals surface area contributed by atoms with Gasteiger partial charge in [0.05, 0.1) is 17.6 Å². The highest BCUT2D eigenvalue weighted by Gasteiger charge is 2.36. The van der Waals surface area contributed by atoms with Crippen LogP contribution >= 0.6 is 11.3 Å². The van der Waals surface area contributed by atoms with Crippen molar-refractivity contribution in [3.05, 3.63) is 65.3 Å². The van der Waals surface area contributed by atoms with Crippen LogP contribution in [0.4, 0.5) is 15.2 Å². The van der Waals surface area contributed by atoms with Crippen LogP contribution in [-0.4, -0.2) is 40.3 Å². The molecule has 1 fully saturated rings. The molecule has 1 atom stereocenters. The van der Waals surface area contributed by atoms with E-state index in [1.807, 2.05) is 0 Å². The SMILES string of the molecule is CC(=O)N(c1nc(COC(=O)[C@@H]2CCCN2C(=O)c2ccco2)cs1)c1ccccc1F. The van der Waals surface area contributed by atoms with E-state index in [0.29, 0.717) is 25.1 Å². The number of likely N-dealkylation sites (tertiary alicyclic amines) is 1. The molecule has 1 saturated heterocycles. The third-order valence-corrected chi connectivity index (χ3v) is 5.89. The molecule has 0 unspecified atom stereocenters. The van der Waals surface area contributed by atoms with E-state index in [9.17, 15) is 18.8 Å². The first kappa shape index (κ1) is 21.7. The van der Waals surface area contributed by atoms with E-state index in [1.54, 1.807) is 23.6 Å². The van der Waals surface area contributed by atoms with Crippen LogP contribution < -0.4 is 4.90 Å². The first-order valence-corrected chi connectivity index (χ1v) is 10.8. The number of halogens is 1. The predicted octanol–water partition coefficient (Wildman–Crippen LogP) is 3.91. The molecule has 0 N–H and O–H groups in total. The van der Waals surface area contributed by atoms with E-state index >= 15 is 0 Å². The van der Waals surface area contributed by atoms with Gasteiger partial charge in [0, 0.05) is 18.8 Å². The van der Waals surface area contributed by atoms with Gasteiger partial charge < -0.3 is 14.1 Å². The molecule has 0 radical (unpaired) electrons. The molecule has 3 aromatic rings. The highest BCUT2D eigenvalue weighted by Crippen LogP contribution is 2.31. The van der Waals surface area contributed by atoms with Gasteiger partial charge in [0.1, 0.15) is 18.5 Å². The zero-order chi connectivity index (χ0) is 22.7. The Morgan fingerprint density at radius 1 is 1.28 bits per heavy atom. The van der Waals surface area contributed by atoms with Crippen LogP contribution in [0.15, 0.2) is 52.5 Å². The molecule has 4 rings (SSSR count). The van der Waals surface area contributed by atoms with Crippen molar-refractivity contribution in [1.82, 2.24) is 9.88 Å². The van der Waals surface area contributed by atoms with Crippen molar-refractivity contribution in [2.75, 3.05) is 11.4 Å². The zero-order valence-electron chi connectivity index (χ0n) is 17.2. The number of anilines is 2. The number of esters is 1. The monoisotopic (exact) mass is 457 g/mol. The molecule has 0 saturated carbocycles. The van der Waals surface area contributed by atoms with E-state index in [1.165, 1.54) is 41.2 Å². The van der Waals surface area contributed by atoms with Gasteiger partial charge >= 0.3 is 5.97 Å². The lowest BCUT2D eigenvalue weighted by Gasteiger charge is -2.22. The minimum absolute atomic E-state index is 0.0935. The number of nitrogens with zero attached hydrogens (tertiary/aromatic N) is 3. The van der Waals surface area contributed by atoms with E-state index in [0.717, 1.165) is 11.3 Å². The third-order valence-electron chi connectivity index (χ3n) is 5.02. The summed E-state index contributed by atoms with van der Waals surface area (Å²) in [6, 6.07) is 8.38. The standard InChI is InChI=1S/C22H20FN3O5S/c1-14(27)26(17-7-3-2-6-16(17)23)22-24-15(13-32-22)12-31-21(29)18-8-4-10-25(18)20(28)19-9-5-11-30-19/h2-3,5-7,9,11,13,18H,4,8,10,12H2,1H3/t18-/m0/s1. The maximum atomic E-state index is 14.2.